The highest BCUT2D eigenvalue weighted by Gasteiger charge is 2.30. The van der Waals surface area contributed by atoms with Gasteiger partial charge in [-0.15, -0.1) is 0 Å². The smallest absolute Gasteiger partial charge is 0.462 e. The third kappa shape index (κ3) is 73.0. The molecule has 0 heterocycles. The fourth-order valence-electron chi connectivity index (χ4n) is 12.5. The Kier molecular flexibility index (Phi) is 71.2. The SMILES string of the molecule is CCCCCCCCCCCCCCCCCC(=O)OC[C@H](COP(=O)(O)OC[C@@H](O)COP(=O)(O)OC[C@@H](COC(=O)CCCCCCCCCCC(C)CC)OC(=O)CCCCCCCCCCCCCCCCC)OC(=O)CCCCCCCCCCCCCCCCCC(C)C. The quantitative estimate of drug-likeness (QED) is 0.0222. The molecule has 0 aromatic carbocycles. The topological polar surface area (TPSA) is 237 Å². The Morgan fingerprint density at radius 2 is 0.510 bits per heavy atom. The number of rotatable bonds is 80. The Labute approximate surface area is 613 Å². The number of esters is 4. The molecule has 0 radical (unpaired) electrons. The highest BCUT2D eigenvalue weighted by Crippen LogP contribution is 2.45. The van der Waals surface area contributed by atoms with Gasteiger partial charge in [0.15, 0.2) is 12.2 Å². The zero-order valence-corrected chi connectivity index (χ0v) is 67.3. The van der Waals surface area contributed by atoms with Gasteiger partial charge in [0, 0.05) is 25.7 Å². The average Bonchev–Trinajstić information content (AvgIpc) is 0.968. The number of aliphatic hydroxyl groups is 1. The van der Waals surface area contributed by atoms with E-state index in [1.54, 1.807) is 0 Å². The summed E-state index contributed by atoms with van der Waals surface area (Å²) in [4.78, 5) is 73.1. The van der Waals surface area contributed by atoms with E-state index in [0.717, 1.165) is 102 Å². The van der Waals surface area contributed by atoms with Crippen molar-refractivity contribution in [3.63, 3.8) is 0 Å². The Bertz CT molecular complexity index is 1930. The van der Waals surface area contributed by atoms with Gasteiger partial charge in [-0.2, -0.15) is 0 Å². The molecule has 100 heavy (non-hydrogen) atoms. The molecule has 594 valence electrons. The number of carbonyl (C=O) groups is 4. The summed E-state index contributed by atoms with van der Waals surface area (Å²) >= 11 is 0. The zero-order valence-electron chi connectivity index (χ0n) is 65.5. The van der Waals surface area contributed by atoms with Crippen LogP contribution < -0.4 is 0 Å². The first-order valence-corrected chi connectivity index (χ1v) is 45.0. The lowest BCUT2D eigenvalue weighted by atomic mass is 9.99. The van der Waals surface area contributed by atoms with Crippen molar-refractivity contribution < 1.29 is 80.2 Å². The van der Waals surface area contributed by atoms with Crippen LogP contribution in [-0.4, -0.2) is 96.7 Å². The Hall–Kier alpha value is -1.94. The summed E-state index contributed by atoms with van der Waals surface area (Å²) in [5.41, 5.74) is 0. The first kappa shape index (κ1) is 98.1. The van der Waals surface area contributed by atoms with E-state index in [4.69, 9.17) is 37.0 Å². The van der Waals surface area contributed by atoms with Crippen molar-refractivity contribution in [1.82, 2.24) is 0 Å². The van der Waals surface area contributed by atoms with Crippen molar-refractivity contribution in [2.24, 2.45) is 11.8 Å². The minimum Gasteiger partial charge on any atom is -0.462 e. The molecular formula is C81H158O17P2. The van der Waals surface area contributed by atoms with E-state index in [9.17, 15) is 43.2 Å². The van der Waals surface area contributed by atoms with Crippen molar-refractivity contribution in [1.29, 1.82) is 0 Å². The molecule has 17 nitrogen and oxygen atoms in total. The number of phosphoric ester groups is 2. The molecule has 0 aromatic rings. The van der Waals surface area contributed by atoms with Gasteiger partial charge in [-0.05, 0) is 37.5 Å². The molecule has 0 spiro atoms. The van der Waals surface area contributed by atoms with Crippen LogP contribution in [0, 0.1) is 11.8 Å². The number of aliphatic hydroxyl groups excluding tert-OH is 1. The average molecular weight is 1470 g/mol. The van der Waals surface area contributed by atoms with Crippen LogP contribution in [0.4, 0.5) is 0 Å². The number of hydrogen-bond donors (Lipinski definition) is 3. The first-order chi connectivity index (χ1) is 48.4. The minimum atomic E-state index is -4.96. The molecule has 0 aliphatic heterocycles. The van der Waals surface area contributed by atoms with Gasteiger partial charge in [0.05, 0.1) is 26.4 Å². The molecule has 0 aliphatic carbocycles. The summed E-state index contributed by atoms with van der Waals surface area (Å²) < 4.78 is 68.8. The predicted octanol–water partition coefficient (Wildman–Crippen LogP) is 24.3. The van der Waals surface area contributed by atoms with Gasteiger partial charge in [-0.3, -0.25) is 37.3 Å². The fraction of sp³-hybridized carbons (Fsp3) is 0.951. The van der Waals surface area contributed by atoms with Crippen LogP contribution in [0.25, 0.3) is 0 Å². The van der Waals surface area contributed by atoms with Crippen LogP contribution in [0.15, 0.2) is 0 Å². The maximum Gasteiger partial charge on any atom is 0.472 e. The molecule has 0 saturated heterocycles. The van der Waals surface area contributed by atoms with E-state index in [1.165, 1.54) is 244 Å². The zero-order chi connectivity index (χ0) is 73.5. The lowest BCUT2D eigenvalue weighted by molar-refractivity contribution is -0.161. The van der Waals surface area contributed by atoms with E-state index in [1.807, 2.05) is 0 Å². The van der Waals surface area contributed by atoms with E-state index < -0.39 is 97.5 Å². The first-order valence-electron chi connectivity index (χ1n) is 42.0. The summed E-state index contributed by atoms with van der Waals surface area (Å²) in [6, 6.07) is 0. The minimum absolute atomic E-state index is 0.108. The molecule has 3 N–H and O–H groups in total. The third-order valence-electron chi connectivity index (χ3n) is 19.3. The lowest BCUT2D eigenvalue weighted by Gasteiger charge is -2.21. The molecule has 0 aromatic heterocycles. The summed E-state index contributed by atoms with van der Waals surface area (Å²) in [5.74, 6) is -0.526. The van der Waals surface area contributed by atoms with Crippen LogP contribution in [-0.2, 0) is 65.4 Å². The fourth-order valence-corrected chi connectivity index (χ4v) is 14.1. The summed E-state index contributed by atoms with van der Waals surface area (Å²) in [5, 5.41) is 10.6. The standard InChI is InChI=1S/C81H158O17P2/c1-7-10-12-14-16-18-20-22-25-30-34-38-45-51-57-63-78(83)91-69-76(97-80(85)66-60-54-48-40-36-32-28-24-27-29-33-37-43-49-55-61-73(4)5)71-95-99(87,88)93-67-75(82)68-94-100(89,90)96-72-77(70-92-79(84)64-58-52-46-42-41-44-50-56-62-74(6)9-3)98-81(86)65-59-53-47-39-35-31-26-23-21-19-17-15-13-11-8-2/h73-77,82H,7-72H2,1-6H3,(H,87,88)(H,89,90)/t74?,75-,76-,77-/m1/s1. The van der Waals surface area contributed by atoms with E-state index in [2.05, 4.69) is 41.5 Å². The molecular weight excluding hydrogens is 1310 g/mol. The molecule has 0 saturated carbocycles. The molecule has 0 rings (SSSR count). The monoisotopic (exact) mass is 1470 g/mol. The second-order valence-electron chi connectivity index (χ2n) is 29.9. The molecule has 6 atom stereocenters. The molecule has 0 bridgehead atoms. The number of ether oxygens (including phenoxy) is 4. The van der Waals surface area contributed by atoms with Crippen molar-refractivity contribution in [3.05, 3.63) is 0 Å². The highest BCUT2D eigenvalue weighted by molar-refractivity contribution is 7.47. The Morgan fingerprint density at radius 1 is 0.290 bits per heavy atom. The van der Waals surface area contributed by atoms with Crippen LogP contribution in [0.2, 0.25) is 0 Å². The van der Waals surface area contributed by atoms with Gasteiger partial charge in [-0.1, -0.05) is 375 Å². The highest BCUT2D eigenvalue weighted by atomic mass is 31.2. The lowest BCUT2D eigenvalue weighted by Crippen LogP contribution is -2.30. The van der Waals surface area contributed by atoms with Crippen molar-refractivity contribution in [2.45, 2.75) is 445 Å². The van der Waals surface area contributed by atoms with Gasteiger partial charge in [0.1, 0.15) is 19.3 Å². The maximum absolute atomic E-state index is 13.1. The van der Waals surface area contributed by atoms with Crippen LogP contribution in [0.3, 0.4) is 0 Å². The molecule has 19 heteroatoms. The van der Waals surface area contributed by atoms with Crippen LogP contribution in [0.1, 0.15) is 427 Å². The van der Waals surface area contributed by atoms with Gasteiger partial charge in [0.2, 0.25) is 0 Å². The number of hydrogen-bond acceptors (Lipinski definition) is 15. The van der Waals surface area contributed by atoms with Crippen molar-refractivity contribution in [3.8, 4) is 0 Å². The number of unbranched alkanes of at least 4 members (excludes halogenated alkanes) is 49. The summed E-state index contributed by atoms with van der Waals surface area (Å²) in [6.45, 7) is 9.67. The van der Waals surface area contributed by atoms with Gasteiger partial charge < -0.3 is 33.8 Å². The summed E-state index contributed by atoms with van der Waals surface area (Å²) in [7, 11) is -9.92. The Morgan fingerprint density at radius 3 is 0.760 bits per heavy atom. The summed E-state index contributed by atoms with van der Waals surface area (Å²) in [6.07, 6.45) is 62.2. The molecule has 0 aliphatic rings. The van der Waals surface area contributed by atoms with Gasteiger partial charge in [0.25, 0.3) is 0 Å². The van der Waals surface area contributed by atoms with Crippen molar-refractivity contribution in [2.75, 3.05) is 39.6 Å². The molecule has 0 amide bonds. The van der Waals surface area contributed by atoms with E-state index in [-0.39, 0.29) is 25.7 Å². The predicted molar refractivity (Wildman–Crippen MR) is 409 cm³/mol. The van der Waals surface area contributed by atoms with E-state index >= 15 is 0 Å². The van der Waals surface area contributed by atoms with Gasteiger partial charge >= 0.3 is 39.5 Å². The second-order valence-corrected chi connectivity index (χ2v) is 32.8. The number of carbonyl (C=O) groups excluding carboxylic acids is 4. The molecule has 0 fully saturated rings. The van der Waals surface area contributed by atoms with E-state index in [0.29, 0.717) is 25.7 Å². The number of phosphoric acid groups is 2. The van der Waals surface area contributed by atoms with Crippen LogP contribution in [0.5, 0.6) is 0 Å². The molecule has 3 unspecified atom stereocenters. The maximum atomic E-state index is 13.1. The second kappa shape index (κ2) is 72.6. The largest absolute Gasteiger partial charge is 0.472 e. The van der Waals surface area contributed by atoms with Crippen LogP contribution >= 0.6 is 15.6 Å². The normalized spacial score (nSPS) is 14.2. The Balaban J connectivity index is 5.27. The van der Waals surface area contributed by atoms with Crippen molar-refractivity contribution >= 4 is 39.5 Å². The third-order valence-corrected chi connectivity index (χ3v) is 21.2. The van der Waals surface area contributed by atoms with Gasteiger partial charge in [-0.25, -0.2) is 9.13 Å².